The molecule has 1 rings (SSSR count). The average Bonchev–Trinajstić information content (AvgIpc) is 2.95. The lowest BCUT2D eigenvalue weighted by Crippen LogP contribution is -2.39. The smallest absolute Gasteiger partial charge is 0.407 e. The molecular formula is C18H31IN4O5. The van der Waals surface area contributed by atoms with Crippen LogP contribution in [0.2, 0.25) is 0 Å². The number of hydrogen-bond donors (Lipinski definition) is 3. The van der Waals surface area contributed by atoms with Gasteiger partial charge in [-0.2, -0.15) is 0 Å². The van der Waals surface area contributed by atoms with Gasteiger partial charge in [-0.25, -0.2) is 9.59 Å². The van der Waals surface area contributed by atoms with Crippen molar-refractivity contribution in [3.63, 3.8) is 0 Å². The molecule has 3 N–H and O–H groups in total. The Bertz CT molecular complexity index is 667. The molecule has 0 unspecified atom stereocenters. The predicted octanol–water partition coefficient (Wildman–Crippen LogP) is 2.57. The quantitative estimate of drug-likeness (QED) is 0.170. The highest BCUT2D eigenvalue weighted by Crippen LogP contribution is 2.15. The second-order valence-electron chi connectivity index (χ2n) is 6.81. The Morgan fingerprint density at radius 3 is 2.39 bits per heavy atom. The molecule has 1 amide bonds. The fraction of sp³-hybridized carbons (Fsp3) is 0.611. The van der Waals surface area contributed by atoms with E-state index < -0.39 is 17.7 Å². The van der Waals surface area contributed by atoms with Gasteiger partial charge in [0.05, 0.1) is 13.7 Å². The Morgan fingerprint density at radius 1 is 1.18 bits per heavy atom. The molecule has 0 radical (unpaired) electrons. The Kier molecular flexibility index (Phi) is 11.6. The standard InChI is InChI=1S/C18H30N4O5.HI/c1-12-14(15(23)25-6)10-13(26-12)11-22-16(19-5)20-8-7-9-21-17(24)27-18(2,3)4;/h10H,7-9,11H2,1-6H3,(H,21,24)(H2,19,20,22);1H. The van der Waals surface area contributed by atoms with Crippen LogP contribution in [-0.2, 0) is 16.0 Å². The van der Waals surface area contributed by atoms with Crippen LogP contribution < -0.4 is 16.0 Å². The van der Waals surface area contributed by atoms with Crippen molar-refractivity contribution in [2.24, 2.45) is 4.99 Å². The molecule has 0 aliphatic carbocycles. The van der Waals surface area contributed by atoms with Crippen LogP contribution in [0.15, 0.2) is 15.5 Å². The van der Waals surface area contributed by atoms with Crippen LogP contribution >= 0.6 is 24.0 Å². The number of furan rings is 1. The molecule has 0 atom stereocenters. The lowest BCUT2D eigenvalue weighted by atomic mass is 10.2. The molecule has 1 heterocycles. The summed E-state index contributed by atoms with van der Waals surface area (Å²) in [6, 6.07) is 1.65. The number of aryl methyl sites for hydroxylation is 1. The van der Waals surface area contributed by atoms with Gasteiger partial charge in [0.2, 0.25) is 0 Å². The normalized spacial score (nSPS) is 11.3. The molecule has 1 aromatic heterocycles. The minimum absolute atomic E-state index is 0. The molecule has 1 aromatic rings. The molecule has 28 heavy (non-hydrogen) atoms. The number of rotatable bonds is 7. The SMILES string of the molecule is CN=C(NCCCNC(=O)OC(C)(C)C)NCc1cc(C(=O)OC)c(C)o1.I. The number of carbonyl (C=O) groups excluding carboxylic acids is 2. The minimum Gasteiger partial charge on any atom is -0.465 e. The van der Waals surface area contributed by atoms with E-state index in [-0.39, 0.29) is 24.0 Å². The number of amides is 1. The number of aliphatic imine (C=N–C) groups is 1. The summed E-state index contributed by atoms with van der Waals surface area (Å²) >= 11 is 0. The first-order valence-electron chi connectivity index (χ1n) is 8.75. The van der Waals surface area contributed by atoms with Crippen molar-refractivity contribution in [2.45, 2.75) is 46.3 Å². The Balaban J connectivity index is 0.00000729. The summed E-state index contributed by atoms with van der Waals surface area (Å²) in [6.07, 6.45) is 0.270. The second kappa shape index (κ2) is 12.5. The zero-order valence-electron chi connectivity index (χ0n) is 17.3. The molecule has 0 aliphatic rings. The lowest BCUT2D eigenvalue weighted by molar-refractivity contribution is 0.0526. The number of halogens is 1. The Hall–Kier alpha value is -1.98. The summed E-state index contributed by atoms with van der Waals surface area (Å²) in [5.74, 6) is 1.26. The first kappa shape index (κ1) is 26.0. The van der Waals surface area contributed by atoms with Gasteiger partial charge in [-0.3, -0.25) is 4.99 Å². The van der Waals surface area contributed by atoms with Crippen molar-refractivity contribution in [1.82, 2.24) is 16.0 Å². The van der Waals surface area contributed by atoms with Crippen molar-refractivity contribution in [3.8, 4) is 0 Å². The van der Waals surface area contributed by atoms with Gasteiger partial charge in [0, 0.05) is 20.1 Å². The average molecular weight is 510 g/mol. The topological polar surface area (TPSA) is 114 Å². The van der Waals surface area contributed by atoms with E-state index in [1.165, 1.54) is 7.11 Å². The summed E-state index contributed by atoms with van der Waals surface area (Å²) in [5.41, 5.74) is -0.0999. The number of hydrogen-bond acceptors (Lipinski definition) is 6. The van der Waals surface area contributed by atoms with Gasteiger partial charge in [0.15, 0.2) is 5.96 Å². The van der Waals surface area contributed by atoms with Crippen LogP contribution in [0.4, 0.5) is 4.79 Å². The predicted molar refractivity (Wildman–Crippen MR) is 117 cm³/mol. The highest BCUT2D eigenvalue weighted by Gasteiger charge is 2.16. The van der Waals surface area contributed by atoms with E-state index in [4.69, 9.17) is 13.9 Å². The van der Waals surface area contributed by atoms with Gasteiger partial charge in [0.25, 0.3) is 0 Å². The molecule has 0 saturated carbocycles. The third-order valence-electron chi connectivity index (χ3n) is 3.34. The van der Waals surface area contributed by atoms with Crippen LogP contribution in [0, 0.1) is 6.92 Å². The Labute approximate surface area is 183 Å². The third kappa shape index (κ3) is 9.81. The van der Waals surface area contributed by atoms with Gasteiger partial charge in [-0.1, -0.05) is 0 Å². The van der Waals surface area contributed by atoms with Gasteiger partial charge in [0.1, 0.15) is 22.7 Å². The molecule has 0 aromatic carbocycles. The van der Waals surface area contributed by atoms with Crippen molar-refractivity contribution >= 4 is 42.0 Å². The fourth-order valence-electron chi connectivity index (χ4n) is 2.13. The van der Waals surface area contributed by atoms with E-state index in [0.29, 0.717) is 49.1 Å². The van der Waals surface area contributed by atoms with E-state index in [1.807, 2.05) is 20.8 Å². The number of nitrogens with one attached hydrogen (secondary N) is 3. The van der Waals surface area contributed by atoms with E-state index in [2.05, 4.69) is 20.9 Å². The number of guanidine groups is 1. The molecule has 0 saturated heterocycles. The van der Waals surface area contributed by atoms with Crippen LogP contribution in [0.1, 0.15) is 49.1 Å². The summed E-state index contributed by atoms with van der Waals surface area (Å²) < 4.78 is 15.4. The van der Waals surface area contributed by atoms with Crippen molar-refractivity contribution in [2.75, 3.05) is 27.2 Å². The summed E-state index contributed by atoms with van der Waals surface area (Å²) in [5, 5.41) is 8.92. The van der Waals surface area contributed by atoms with E-state index in [1.54, 1.807) is 20.0 Å². The summed E-state index contributed by atoms with van der Waals surface area (Å²) in [6.45, 7) is 8.63. The van der Waals surface area contributed by atoms with Crippen LogP contribution in [-0.4, -0.2) is 50.9 Å². The summed E-state index contributed by atoms with van der Waals surface area (Å²) in [4.78, 5) is 27.2. The van der Waals surface area contributed by atoms with Gasteiger partial charge in [-0.15, -0.1) is 24.0 Å². The van der Waals surface area contributed by atoms with E-state index >= 15 is 0 Å². The zero-order valence-corrected chi connectivity index (χ0v) is 19.6. The number of methoxy groups -OCH3 is 1. The van der Waals surface area contributed by atoms with Crippen molar-refractivity contribution < 1.29 is 23.5 Å². The molecule has 160 valence electrons. The number of nitrogens with zero attached hydrogens (tertiary/aromatic N) is 1. The third-order valence-corrected chi connectivity index (χ3v) is 3.34. The molecule has 9 nitrogen and oxygen atoms in total. The minimum atomic E-state index is -0.508. The van der Waals surface area contributed by atoms with E-state index in [0.717, 1.165) is 0 Å². The molecule has 0 spiro atoms. The van der Waals surface area contributed by atoms with Crippen LogP contribution in [0.5, 0.6) is 0 Å². The highest BCUT2D eigenvalue weighted by molar-refractivity contribution is 14.0. The molecule has 0 aliphatic heterocycles. The van der Waals surface area contributed by atoms with Crippen molar-refractivity contribution in [1.29, 1.82) is 0 Å². The van der Waals surface area contributed by atoms with Crippen molar-refractivity contribution in [3.05, 3.63) is 23.2 Å². The maximum absolute atomic E-state index is 11.6. The number of ether oxygens (including phenoxy) is 2. The van der Waals surface area contributed by atoms with Gasteiger partial charge < -0.3 is 29.8 Å². The largest absolute Gasteiger partial charge is 0.465 e. The first-order valence-corrected chi connectivity index (χ1v) is 8.75. The Morgan fingerprint density at radius 2 is 1.82 bits per heavy atom. The zero-order chi connectivity index (χ0) is 20.4. The maximum atomic E-state index is 11.6. The van der Waals surface area contributed by atoms with Gasteiger partial charge >= 0.3 is 12.1 Å². The number of carbonyl (C=O) groups is 2. The monoisotopic (exact) mass is 510 g/mol. The molecule has 0 bridgehead atoms. The summed E-state index contributed by atoms with van der Waals surface area (Å²) in [7, 11) is 2.98. The fourth-order valence-corrected chi connectivity index (χ4v) is 2.13. The lowest BCUT2D eigenvalue weighted by Gasteiger charge is -2.19. The van der Waals surface area contributed by atoms with Gasteiger partial charge in [-0.05, 0) is 40.2 Å². The van der Waals surface area contributed by atoms with E-state index in [9.17, 15) is 9.59 Å². The highest BCUT2D eigenvalue weighted by atomic mass is 127. The van der Waals surface area contributed by atoms with Crippen LogP contribution in [0.3, 0.4) is 0 Å². The number of alkyl carbamates (subject to hydrolysis) is 1. The first-order chi connectivity index (χ1) is 12.7. The van der Waals surface area contributed by atoms with Crippen LogP contribution in [0.25, 0.3) is 0 Å². The number of esters is 1. The second-order valence-corrected chi connectivity index (χ2v) is 6.81. The molecule has 0 fully saturated rings. The molecular weight excluding hydrogens is 479 g/mol. The molecule has 10 heteroatoms. The maximum Gasteiger partial charge on any atom is 0.407 e.